The van der Waals surface area contributed by atoms with E-state index < -0.39 is 0 Å². The summed E-state index contributed by atoms with van der Waals surface area (Å²) in [7, 11) is 0. The van der Waals surface area contributed by atoms with Crippen LogP contribution in [0.3, 0.4) is 0 Å². The van der Waals surface area contributed by atoms with E-state index in [4.69, 9.17) is 14.0 Å². The van der Waals surface area contributed by atoms with Crippen molar-refractivity contribution < 1.29 is 18.8 Å². The molecule has 0 saturated carbocycles. The van der Waals surface area contributed by atoms with Gasteiger partial charge in [0.15, 0.2) is 23.2 Å². The van der Waals surface area contributed by atoms with Crippen molar-refractivity contribution >= 4 is 16.9 Å². The molecule has 3 aromatic rings. The fraction of sp³-hybridized carbons (Fsp3) is 0.333. The minimum Gasteiger partial charge on any atom is -0.486 e. The average Bonchev–Trinajstić information content (AvgIpc) is 3.10. The van der Waals surface area contributed by atoms with E-state index in [9.17, 15) is 4.79 Å². The monoisotopic (exact) mass is 366 g/mol. The normalized spacial score (nSPS) is 15.7. The third kappa shape index (κ3) is 3.74. The Hall–Kier alpha value is -3.02. The van der Waals surface area contributed by atoms with E-state index in [0.717, 1.165) is 23.3 Å². The Morgan fingerprint density at radius 1 is 1.15 bits per heavy atom. The lowest BCUT2D eigenvalue weighted by atomic mass is 10.1. The summed E-state index contributed by atoms with van der Waals surface area (Å²) in [5.41, 5.74) is 1.37. The molecule has 1 aliphatic rings. The number of hydrogen-bond donors (Lipinski definition) is 0. The first-order chi connectivity index (χ1) is 13.2. The van der Waals surface area contributed by atoms with E-state index in [1.54, 1.807) is 0 Å². The molecular formula is C21H22N2O4. The number of amides is 1. The first-order valence-electron chi connectivity index (χ1n) is 9.24. The van der Waals surface area contributed by atoms with Crippen molar-refractivity contribution in [3.63, 3.8) is 0 Å². The van der Waals surface area contributed by atoms with E-state index in [1.165, 1.54) is 0 Å². The van der Waals surface area contributed by atoms with Crippen LogP contribution >= 0.6 is 0 Å². The fourth-order valence-corrected chi connectivity index (χ4v) is 3.31. The molecule has 0 spiro atoms. The quantitative estimate of drug-likeness (QED) is 0.669. The third-order valence-electron chi connectivity index (χ3n) is 4.61. The van der Waals surface area contributed by atoms with Crippen LogP contribution in [0.4, 0.5) is 0 Å². The SMILES string of the molecule is CCCN(CC1COc2ccccc2O1)C(=O)Cc1noc2ccccc12. The van der Waals surface area contributed by atoms with Crippen molar-refractivity contribution in [2.24, 2.45) is 0 Å². The van der Waals surface area contributed by atoms with Crippen molar-refractivity contribution in [3.05, 3.63) is 54.2 Å². The van der Waals surface area contributed by atoms with Gasteiger partial charge >= 0.3 is 0 Å². The Morgan fingerprint density at radius 3 is 2.78 bits per heavy atom. The second-order valence-corrected chi connectivity index (χ2v) is 6.64. The number of carbonyl (C=O) groups is 1. The summed E-state index contributed by atoms with van der Waals surface area (Å²) in [4.78, 5) is 14.7. The van der Waals surface area contributed by atoms with E-state index in [1.807, 2.05) is 53.4 Å². The summed E-state index contributed by atoms with van der Waals surface area (Å²) >= 11 is 0. The van der Waals surface area contributed by atoms with Crippen molar-refractivity contribution in [1.29, 1.82) is 0 Å². The van der Waals surface area contributed by atoms with Crippen LogP contribution in [0.1, 0.15) is 19.0 Å². The molecular weight excluding hydrogens is 344 g/mol. The maximum atomic E-state index is 12.9. The Labute approximate surface area is 157 Å². The first-order valence-corrected chi connectivity index (χ1v) is 9.24. The highest BCUT2D eigenvalue weighted by Gasteiger charge is 2.26. The van der Waals surface area contributed by atoms with Crippen LogP contribution < -0.4 is 9.47 Å². The molecule has 0 radical (unpaired) electrons. The molecule has 0 fully saturated rings. The molecule has 0 saturated heterocycles. The predicted octanol–water partition coefficient (Wildman–Crippen LogP) is 3.45. The molecule has 1 aromatic heterocycles. The van der Waals surface area contributed by atoms with Gasteiger partial charge in [-0.3, -0.25) is 4.79 Å². The number of hydrogen-bond acceptors (Lipinski definition) is 5. The zero-order valence-electron chi connectivity index (χ0n) is 15.3. The second-order valence-electron chi connectivity index (χ2n) is 6.64. The molecule has 6 nitrogen and oxygen atoms in total. The fourth-order valence-electron chi connectivity index (χ4n) is 3.31. The molecule has 27 heavy (non-hydrogen) atoms. The van der Waals surface area contributed by atoms with Gasteiger partial charge < -0.3 is 18.9 Å². The molecule has 2 heterocycles. The smallest absolute Gasteiger partial charge is 0.228 e. The van der Waals surface area contributed by atoms with Gasteiger partial charge in [-0.15, -0.1) is 0 Å². The Balaban J connectivity index is 1.45. The second kappa shape index (κ2) is 7.70. The van der Waals surface area contributed by atoms with Gasteiger partial charge in [0.2, 0.25) is 5.91 Å². The summed E-state index contributed by atoms with van der Waals surface area (Å²) in [6.07, 6.45) is 0.890. The van der Waals surface area contributed by atoms with Crippen LogP contribution in [0.5, 0.6) is 11.5 Å². The first kappa shape index (κ1) is 17.4. The van der Waals surface area contributed by atoms with Crippen LogP contribution in [0.15, 0.2) is 53.1 Å². The standard InChI is InChI=1S/C21H22N2O4/c1-2-11-23(13-15-14-25-19-9-5-6-10-20(19)26-15)21(24)12-17-16-7-3-4-8-18(16)27-22-17/h3-10,15H,2,11-14H2,1H3. The van der Waals surface area contributed by atoms with Gasteiger partial charge in [0.1, 0.15) is 12.3 Å². The molecule has 140 valence electrons. The molecule has 1 unspecified atom stereocenters. The van der Waals surface area contributed by atoms with Crippen LogP contribution in [0, 0.1) is 0 Å². The van der Waals surface area contributed by atoms with E-state index in [-0.39, 0.29) is 18.4 Å². The van der Waals surface area contributed by atoms with Crippen molar-refractivity contribution in [3.8, 4) is 11.5 Å². The highest BCUT2D eigenvalue weighted by atomic mass is 16.6. The molecule has 0 N–H and O–H groups in total. The molecule has 6 heteroatoms. The van der Waals surface area contributed by atoms with Crippen molar-refractivity contribution in [1.82, 2.24) is 10.1 Å². The Morgan fingerprint density at radius 2 is 1.93 bits per heavy atom. The van der Waals surface area contributed by atoms with Gasteiger partial charge in [0, 0.05) is 11.9 Å². The Bertz CT molecular complexity index is 937. The molecule has 2 aromatic carbocycles. The van der Waals surface area contributed by atoms with E-state index in [2.05, 4.69) is 12.1 Å². The lowest BCUT2D eigenvalue weighted by molar-refractivity contribution is -0.132. The number of carbonyl (C=O) groups excluding carboxylic acids is 1. The maximum absolute atomic E-state index is 12.9. The van der Waals surface area contributed by atoms with E-state index in [0.29, 0.717) is 31.0 Å². The number of aromatic nitrogens is 1. The highest BCUT2D eigenvalue weighted by molar-refractivity contribution is 5.86. The summed E-state index contributed by atoms with van der Waals surface area (Å²) < 4.78 is 17.1. The average molecular weight is 366 g/mol. The van der Waals surface area contributed by atoms with Crippen molar-refractivity contribution in [2.75, 3.05) is 19.7 Å². The molecule has 4 rings (SSSR count). The van der Waals surface area contributed by atoms with Gasteiger partial charge in [-0.2, -0.15) is 0 Å². The van der Waals surface area contributed by atoms with Crippen molar-refractivity contribution in [2.45, 2.75) is 25.9 Å². The zero-order chi connectivity index (χ0) is 18.6. The topological polar surface area (TPSA) is 64.8 Å². The lowest BCUT2D eigenvalue weighted by Crippen LogP contribution is -2.44. The summed E-state index contributed by atoms with van der Waals surface area (Å²) in [5, 5.41) is 4.96. The van der Waals surface area contributed by atoms with Gasteiger partial charge in [0.25, 0.3) is 0 Å². The number of benzene rings is 2. The minimum absolute atomic E-state index is 0.0124. The summed E-state index contributed by atoms with van der Waals surface area (Å²) in [6.45, 7) is 3.63. The molecule has 1 atom stereocenters. The molecule has 1 amide bonds. The largest absolute Gasteiger partial charge is 0.486 e. The van der Waals surface area contributed by atoms with Gasteiger partial charge in [-0.1, -0.05) is 36.3 Å². The van der Waals surface area contributed by atoms with Crippen LogP contribution in [-0.4, -0.2) is 41.8 Å². The number of nitrogens with zero attached hydrogens (tertiary/aromatic N) is 2. The van der Waals surface area contributed by atoms with Crippen LogP contribution in [-0.2, 0) is 11.2 Å². The number of ether oxygens (including phenoxy) is 2. The molecule has 0 bridgehead atoms. The number of rotatable bonds is 6. The third-order valence-corrected chi connectivity index (χ3v) is 4.61. The highest BCUT2D eigenvalue weighted by Crippen LogP contribution is 2.31. The number of fused-ring (bicyclic) bond motifs is 2. The molecule has 1 aliphatic heterocycles. The summed E-state index contributed by atoms with van der Waals surface area (Å²) in [6, 6.07) is 15.2. The van der Waals surface area contributed by atoms with Gasteiger partial charge in [-0.05, 0) is 30.7 Å². The van der Waals surface area contributed by atoms with Crippen LogP contribution in [0.25, 0.3) is 11.0 Å². The summed E-state index contributed by atoms with van der Waals surface area (Å²) in [5.74, 6) is 1.48. The van der Waals surface area contributed by atoms with Crippen LogP contribution in [0.2, 0.25) is 0 Å². The minimum atomic E-state index is -0.190. The number of para-hydroxylation sites is 3. The lowest BCUT2D eigenvalue weighted by Gasteiger charge is -2.31. The maximum Gasteiger partial charge on any atom is 0.228 e. The predicted molar refractivity (Wildman–Crippen MR) is 101 cm³/mol. The van der Waals surface area contributed by atoms with Gasteiger partial charge in [-0.25, -0.2) is 0 Å². The zero-order valence-corrected chi connectivity index (χ0v) is 15.3. The van der Waals surface area contributed by atoms with E-state index >= 15 is 0 Å². The molecule has 0 aliphatic carbocycles. The Kier molecular flexibility index (Phi) is 4.96. The van der Waals surface area contributed by atoms with Gasteiger partial charge in [0.05, 0.1) is 13.0 Å².